The van der Waals surface area contributed by atoms with Crippen molar-refractivity contribution in [2.45, 2.75) is 32.3 Å². The summed E-state index contributed by atoms with van der Waals surface area (Å²) >= 11 is 0. The summed E-state index contributed by atoms with van der Waals surface area (Å²) in [5, 5.41) is 0. The molecule has 1 atom stereocenters. The van der Waals surface area contributed by atoms with Crippen LogP contribution in [0.5, 0.6) is 0 Å². The molecule has 15 heavy (non-hydrogen) atoms. The Labute approximate surface area is 84.3 Å². The molecule has 0 aliphatic rings. The van der Waals surface area contributed by atoms with E-state index in [1.807, 2.05) is 0 Å². The molecule has 0 aromatic heterocycles. The van der Waals surface area contributed by atoms with Gasteiger partial charge >= 0.3 is 18.3 Å². The lowest BCUT2D eigenvalue weighted by Crippen LogP contribution is -2.36. The fourth-order valence-electron chi connectivity index (χ4n) is 0.627. The minimum absolute atomic E-state index is 0.0672. The van der Waals surface area contributed by atoms with E-state index in [0.29, 0.717) is 0 Å². The van der Waals surface area contributed by atoms with E-state index in [1.165, 1.54) is 6.92 Å². The molecular weight excluding hydrogens is 220 g/mol. The van der Waals surface area contributed by atoms with Crippen molar-refractivity contribution >= 4 is 5.97 Å². The highest BCUT2D eigenvalue weighted by molar-refractivity contribution is 5.74. The number of hydrogen-bond donors (Lipinski definition) is 0. The van der Waals surface area contributed by atoms with Gasteiger partial charge in [0.15, 0.2) is 6.10 Å². The van der Waals surface area contributed by atoms with Gasteiger partial charge in [-0.3, -0.25) is 0 Å². The minimum atomic E-state index is -4.25. The van der Waals surface area contributed by atoms with Crippen LogP contribution in [0.4, 0.5) is 17.6 Å². The molecule has 0 aromatic rings. The third kappa shape index (κ3) is 4.96. The monoisotopic (exact) mass is 232 g/mol. The summed E-state index contributed by atoms with van der Waals surface area (Å²) in [6, 6.07) is 0. The molecule has 0 aliphatic heterocycles. The van der Waals surface area contributed by atoms with Gasteiger partial charge in [-0.15, -0.1) is 0 Å². The number of carbonyl (C=O) groups is 1. The molecule has 0 fully saturated rings. The summed E-state index contributed by atoms with van der Waals surface area (Å²) in [5.41, 5.74) is 0. The first-order chi connectivity index (χ1) is 6.81. The van der Waals surface area contributed by atoms with Crippen LogP contribution in [0.25, 0.3) is 0 Å². The van der Waals surface area contributed by atoms with Crippen molar-refractivity contribution in [1.29, 1.82) is 0 Å². The molecule has 1 unspecified atom stereocenters. The predicted octanol–water partition coefficient (Wildman–Crippen LogP) is 1.85. The molecule has 0 bridgehead atoms. The third-order valence-corrected chi connectivity index (χ3v) is 1.46. The van der Waals surface area contributed by atoms with Crippen LogP contribution in [-0.2, 0) is 14.3 Å². The molecule has 0 amide bonds. The molecule has 0 radical (unpaired) electrons. The Kier molecular flexibility index (Phi) is 5.56. The van der Waals surface area contributed by atoms with Crippen molar-refractivity contribution in [2.24, 2.45) is 0 Å². The topological polar surface area (TPSA) is 35.5 Å². The van der Waals surface area contributed by atoms with Crippen LogP contribution < -0.4 is 0 Å². The van der Waals surface area contributed by atoms with E-state index >= 15 is 0 Å². The lowest BCUT2D eigenvalue weighted by atomic mass is 10.3. The van der Waals surface area contributed by atoms with E-state index < -0.39 is 31.0 Å². The molecule has 0 aliphatic carbocycles. The fourth-order valence-corrected chi connectivity index (χ4v) is 0.627. The van der Waals surface area contributed by atoms with Crippen LogP contribution in [0.2, 0.25) is 0 Å². The largest absolute Gasteiger partial charge is 0.464 e. The average molecular weight is 232 g/mol. The summed E-state index contributed by atoms with van der Waals surface area (Å²) in [6.45, 7) is 1.24. The molecule has 0 heterocycles. The first-order valence-electron chi connectivity index (χ1n) is 4.25. The molecule has 0 rings (SSSR count). The molecule has 0 saturated carbocycles. The standard InChI is InChI=1S/C8H12F4O3/c1-3-14-6(13)5(2)15-4-8(11,12)7(9)10/h5,7H,3-4H2,1-2H3. The number of ether oxygens (including phenoxy) is 2. The van der Waals surface area contributed by atoms with E-state index in [-0.39, 0.29) is 6.61 Å². The minimum Gasteiger partial charge on any atom is -0.464 e. The second-order valence-corrected chi connectivity index (χ2v) is 2.77. The Morgan fingerprint density at radius 2 is 1.93 bits per heavy atom. The average Bonchev–Trinajstić information content (AvgIpc) is 2.14. The van der Waals surface area contributed by atoms with Crippen LogP contribution >= 0.6 is 0 Å². The van der Waals surface area contributed by atoms with Gasteiger partial charge in [0.1, 0.15) is 6.61 Å². The van der Waals surface area contributed by atoms with Gasteiger partial charge in [0.05, 0.1) is 6.61 Å². The van der Waals surface area contributed by atoms with Crippen LogP contribution in [0.15, 0.2) is 0 Å². The maximum atomic E-state index is 12.3. The lowest BCUT2D eigenvalue weighted by Gasteiger charge is -2.18. The van der Waals surface area contributed by atoms with Gasteiger partial charge < -0.3 is 9.47 Å². The fraction of sp³-hybridized carbons (Fsp3) is 0.875. The SMILES string of the molecule is CCOC(=O)C(C)OCC(F)(F)C(F)F. The highest BCUT2D eigenvalue weighted by Gasteiger charge is 2.41. The first kappa shape index (κ1) is 14.2. The Morgan fingerprint density at radius 1 is 1.40 bits per heavy atom. The maximum Gasteiger partial charge on any atom is 0.334 e. The number of hydrogen-bond acceptors (Lipinski definition) is 3. The summed E-state index contributed by atoms with van der Waals surface area (Å²) in [5.74, 6) is -5.11. The van der Waals surface area contributed by atoms with Crippen molar-refractivity contribution in [1.82, 2.24) is 0 Å². The maximum absolute atomic E-state index is 12.3. The molecular formula is C8H12F4O3. The molecule has 0 saturated heterocycles. The number of alkyl halides is 4. The number of halogens is 4. The third-order valence-electron chi connectivity index (χ3n) is 1.46. The Balaban J connectivity index is 3.99. The zero-order chi connectivity index (χ0) is 12.1. The van der Waals surface area contributed by atoms with Crippen molar-refractivity contribution in [2.75, 3.05) is 13.2 Å². The van der Waals surface area contributed by atoms with Crippen LogP contribution in [-0.4, -0.2) is 37.6 Å². The normalized spacial score (nSPS) is 14.1. The number of esters is 1. The van der Waals surface area contributed by atoms with Crippen molar-refractivity contribution in [3.05, 3.63) is 0 Å². The zero-order valence-corrected chi connectivity index (χ0v) is 8.31. The van der Waals surface area contributed by atoms with Gasteiger partial charge in [-0.05, 0) is 13.8 Å². The van der Waals surface area contributed by atoms with Crippen LogP contribution in [0, 0.1) is 0 Å². The van der Waals surface area contributed by atoms with Gasteiger partial charge in [-0.2, -0.15) is 8.78 Å². The van der Waals surface area contributed by atoms with Gasteiger partial charge in [0.2, 0.25) is 0 Å². The van der Waals surface area contributed by atoms with E-state index in [0.717, 1.165) is 6.92 Å². The summed E-state index contributed by atoms with van der Waals surface area (Å²) < 4.78 is 56.7. The van der Waals surface area contributed by atoms with Gasteiger partial charge in [-0.1, -0.05) is 0 Å². The summed E-state index contributed by atoms with van der Waals surface area (Å²) in [6.07, 6.45) is -5.10. The zero-order valence-electron chi connectivity index (χ0n) is 8.31. The molecule has 0 aromatic carbocycles. The molecule has 0 spiro atoms. The molecule has 0 N–H and O–H groups in total. The van der Waals surface area contributed by atoms with Crippen LogP contribution in [0.3, 0.4) is 0 Å². The Hall–Kier alpha value is -0.850. The van der Waals surface area contributed by atoms with E-state index in [1.54, 1.807) is 0 Å². The number of rotatable bonds is 6. The second-order valence-electron chi connectivity index (χ2n) is 2.77. The van der Waals surface area contributed by atoms with E-state index in [2.05, 4.69) is 9.47 Å². The molecule has 90 valence electrons. The van der Waals surface area contributed by atoms with Gasteiger partial charge in [0.25, 0.3) is 0 Å². The molecule has 7 heteroatoms. The van der Waals surface area contributed by atoms with Crippen molar-refractivity contribution < 1.29 is 31.8 Å². The Morgan fingerprint density at radius 3 is 2.33 bits per heavy atom. The second kappa shape index (κ2) is 5.89. The van der Waals surface area contributed by atoms with Gasteiger partial charge in [0, 0.05) is 0 Å². The van der Waals surface area contributed by atoms with Gasteiger partial charge in [-0.25, -0.2) is 13.6 Å². The smallest absolute Gasteiger partial charge is 0.334 e. The molecule has 3 nitrogen and oxygen atoms in total. The predicted molar refractivity (Wildman–Crippen MR) is 43.0 cm³/mol. The van der Waals surface area contributed by atoms with Crippen molar-refractivity contribution in [3.8, 4) is 0 Å². The highest BCUT2D eigenvalue weighted by Crippen LogP contribution is 2.23. The summed E-state index contributed by atoms with van der Waals surface area (Å²) in [7, 11) is 0. The summed E-state index contributed by atoms with van der Waals surface area (Å²) in [4.78, 5) is 10.9. The van der Waals surface area contributed by atoms with Crippen molar-refractivity contribution in [3.63, 3.8) is 0 Å². The van der Waals surface area contributed by atoms with E-state index in [4.69, 9.17) is 0 Å². The highest BCUT2D eigenvalue weighted by atomic mass is 19.3. The number of carbonyl (C=O) groups excluding carboxylic acids is 1. The first-order valence-corrected chi connectivity index (χ1v) is 4.25. The Bertz CT molecular complexity index is 208. The quantitative estimate of drug-likeness (QED) is 0.518. The van der Waals surface area contributed by atoms with E-state index in [9.17, 15) is 22.4 Å². The van der Waals surface area contributed by atoms with Crippen LogP contribution in [0.1, 0.15) is 13.8 Å². The lowest BCUT2D eigenvalue weighted by molar-refractivity contribution is -0.185.